The smallest absolute Gasteiger partial charge is 0.147 e. The van der Waals surface area contributed by atoms with Crippen LogP contribution in [-0.2, 0) is 0 Å². The van der Waals surface area contributed by atoms with E-state index in [0.717, 1.165) is 12.8 Å². The molecule has 0 saturated heterocycles. The standard InChI is InChI=1S/C11H12BrClFN/c12-8-5-4-7(10(14)9(8)13)11(15)6-2-1-3-6/h4-6,11H,1-3,15H2. The van der Waals surface area contributed by atoms with Crippen LogP contribution < -0.4 is 5.73 Å². The summed E-state index contributed by atoms with van der Waals surface area (Å²) in [5.41, 5.74) is 6.54. The third-order valence-electron chi connectivity index (χ3n) is 3.08. The molecule has 1 fully saturated rings. The summed E-state index contributed by atoms with van der Waals surface area (Å²) >= 11 is 9.00. The van der Waals surface area contributed by atoms with Crippen LogP contribution in [0.4, 0.5) is 4.39 Å². The van der Waals surface area contributed by atoms with Crippen LogP contribution in [0.1, 0.15) is 30.9 Å². The Bertz CT molecular complexity index is 379. The molecule has 0 amide bonds. The average Bonchev–Trinajstić information content (AvgIpc) is 2.11. The molecule has 0 heterocycles. The first-order chi connectivity index (χ1) is 7.11. The number of hydrogen-bond acceptors (Lipinski definition) is 1. The van der Waals surface area contributed by atoms with Gasteiger partial charge in [0.15, 0.2) is 0 Å². The number of hydrogen-bond donors (Lipinski definition) is 1. The summed E-state index contributed by atoms with van der Waals surface area (Å²) in [6.45, 7) is 0. The number of halogens is 3. The van der Waals surface area contributed by atoms with Crippen molar-refractivity contribution in [1.29, 1.82) is 0 Å². The van der Waals surface area contributed by atoms with Crippen molar-refractivity contribution < 1.29 is 4.39 Å². The summed E-state index contributed by atoms with van der Waals surface area (Å²) in [6.07, 6.45) is 3.38. The van der Waals surface area contributed by atoms with Crippen molar-refractivity contribution in [3.8, 4) is 0 Å². The van der Waals surface area contributed by atoms with E-state index < -0.39 is 0 Å². The lowest BCUT2D eigenvalue weighted by molar-refractivity contribution is 0.260. The summed E-state index contributed by atoms with van der Waals surface area (Å²) in [5.74, 6) is 0.0298. The van der Waals surface area contributed by atoms with Crippen molar-refractivity contribution in [2.45, 2.75) is 25.3 Å². The summed E-state index contributed by atoms with van der Waals surface area (Å²) in [5, 5.41) is 0.127. The SMILES string of the molecule is NC(c1ccc(Br)c(Cl)c1F)C1CCC1. The molecule has 1 saturated carbocycles. The highest BCUT2D eigenvalue weighted by molar-refractivity contribution is 9.10. The highest BCUT2D eigenvalue weighted by atomic mass is 79.9. The Morgan fingerprint density at radius 1 is 1.47 bits per heavy atom. The molecular weight excluding hydrogens is 280 g/mol. The van der Waals surface area contributed by atoms with Crippen LogP contribution in [0.25, 0.3) is 0 Å². The minimum Gasteiger partial charge on any atom is -0.324 e. The van der Waals surface area contributed by atoms with Gasteiger partial charge in [-0.3, -0.25) is 0 Å². The van der Waals surface area contributed by atoms with Gasteiger partial charge < -0.3 is 5.73 Å². The lowest BCUT2D eigenvalue weighted by Crippen LogP contribution is -2.27. The van der Waals surface area contributed by atoms with Crippen LogP contribution in [-0.4, -0.2) is 0 Å². The maximum Gasteiger partial charge on any atom is 0.147 e. The summed E-state index contributed by atoms with van der Waals surface area (Å²) in [4.78, 5) is 0. The van der Waals surface area contributed by atoms with Gasteiger partial charge in [0.25, 0.3) is 0 Å². The topological polar surface area (TPSA) is 26.0 Å². The molecule has 0 radical (unpaired) electrons. The largest absolute Gasteiger partial charge is 0.324 e. The zero-order chi connectivity index (χ0) is 11.0. The van der Waals surface area contributed by atoms with Crippen LogP contribution in [0.3, 0.4) is 0 Å². The van der Waals surface area contributed by atoms with Crippen LogP contribution in [0.2, 0.25) is 5.02 Å². The molecule has 1 aromatic carbocycles. The Kier molecular flexibility index (Phi) is 3.33. The third kappa shape index (κ3) is 2.05. The summed E-state index contributed by atoms with van der Waals surface area (Å²) in [6, 6.07) is 3.25. The first kappa shape index (κ1) is 11.4. The van der Waals surface area contributed by atoms with Crippen LogP contribution >= 0.6 is 27.5 Å². The summed E-state index contributed by atoms with van der Waals surface area (Å²) in [7, 11) is 0. The second kappa shape index (κ2) is 4.40. The first-order valence-electron chi connectivity index (χ1n) is 5.00. The van der Waals surface area contributed by atoms with Crippen molar-refractivity contribution in [3.05, 3.63) is 33.0 Å². The van der Waals surface area contributed by atoms with E-state index in [1.54, 1.807) is 12.1 Å². The molecule has 2 rings (SSSR count). The predicted octanol–water partition coefficient (Wildman–Crippen LogP) is 4.04. The minimum atomic E-state index is -0.384. The van der Waals surface area contributed by atoms with Crippen molar-refractivity contribution >= 4 is 27.5 Å². The van der Waals surface area contributed by atoms with Crippen LogP contribution in [0.5, 0.6) is 0 Å². The molecule has 1 aliphatic rings. The van der Waals surface area contributed by atoms with Gasteiger partial charge in [-0.15, -0.1) is 0 Å². The molecule has 15 heavy (non-hydrogen) atoms. The number of rotatable bonds is 2. The fraction of sp³-hybridized carbons (Fsp3) is 0.455. The van der Waals surface area contributed by atoms with E-state index in [0.29, 0.717) is 16.0 Å². The Morgan fingerprint density at radius 3 is 2.67 bits per heavy atom. The average molecular weight is 293 g/mol. The quantitative estimate of drug-likeness (QED) is 0.818. The number of nitrogens with two attached hydrogens (primary N) is 1. The normalized spacial score (nSPS) is 18.7. The zero-order valence-electron chi connectivity index (χ0n) is 8.14. The summed E-state index contributed by atoms with van der Waals surface area (Å²) < 4.78 is 14.4. The lowest BCUT2D eigenvalue weighted by Gasteiger charge is -2.31. The molecule has 1 unspecified atom stereocenters. The maximum absolute atomic E-state index is 13.8. The van der Waals surface area contributed by atoms with Crippen LogP contribution in [0, 0.1) is 11.7 Å². The minimum absolute atomic E-state index is 0.127. The molecule has 0 spiro atoms. The van der Waals surface area contributed by atoms with E-state index in [-0.39, 0.29) is 16.9 Å². The van der Waals surface area contributed by atoms with E-state index in [9.17, 15) is 4.39 Å². The molecule has 1 nitrogen and oxygen atoms in total. The molecule has 0 bridgehead atoms. The number of benzene rings is 1. The molecule has 0 aromatic heterocycles. The first-order valence-corrected chi connectivity index (χ1v) is 6.17. The highest BCUT2D eigenvalue weighted by Crippen LogP contribution is 2.39. The van der Waals surface area contributed by atoms with Gasteiger partial charge in [-0.05, 0) is 40.8 Å². The molecule has 2 N–H and O–H groups in total. The Balaban J connectivity index is 2.31. The van der Waals surface area contributed by atoms with Crippen LogP contribution in [0.15, 0.2) is 16.6 Å². The van der Waals surface area contributed by atoms with Gasteiger partial charge >= 0.3 is 0 Å². The van der Waals surface area contributed by atoms with Gasteiger partial charge in [0.1, 0.15) is 5.82 Å². The van der Waals surface area contributed by atoms with E-state index in [4.69, 9.17) is 17.3 Å². The lowest BCUT2D eigenvalue weighted by atomic mass is 9.77. The van der Waals surface area contributed by atoms with Crippen molar-refractivity contribution in [3.63, 3.8) is 0 Å². The van der Waals surface area contributed by atoms with Gasteiger partial charge in [0, 0.05) is 16.1 Å². The van der Waals surface area contributed by atoms with Crippen molar-refractivity contribution in [2.24, 2.45) is 11.7 Å². The molecule has 1 aliphatic carbocycles. The molecule has 1 aromatic rings. The van der Waals surface area contributed by atoms with E-state index >= 15 is 0 Å². The fourth-order valence-electron chi connectivity index (χ4n) is 1.85. The Hall–Kier alpha value is -0.120. The van der Waals surface area contributed by atoms with Crippen molar-refractivity contribution in [1.82, 2.24) is 0 Å². The second-order valence-corrected chi connectivity index (χ2v) is 5.21. The van der Waals surface area contributed by atoms with Gasteiger partial charge in [0.05, 0.1) is 5.02 Å². The fourth-order valence-corrected chi connectivity index (χ4v) is 2.33. The van der Waals surface area contributed by atoms with Crippen molar-refractivity contribution in [2.75, 3.05) is 0 Å². The Morgan fingerprint density at radius 2 is 2.13 bits per heavy atom. The molecule has 82 valence electrons. The van der Waals surface area contributed by atoms with Gasteiger partial charge in [-0.2, -0.15) is 0 Å². The maximum atomic E-state index is 13.8. The van der Waals surface area contributed by atoms with Gasteiger partial charge in [-0.1, -0.05) is 24.1 Å². The molecule has 4 heteroatoms. The molecule has 0 aliphatic heterocycles. The second-order valence-electron chi connectivity index (χ2n) is 3.98. The van der Waals surface area contributed by atoms with E-state index in [1.165, 1.54) is 6.42 Å². The molecule has 1 atom stereocenters. The van der Waals surface area contributed by atoms with Gasteiger partial charge in [-0.25, -0.2) is 4.39 Å². The third-order valence-corrected chi connectivity index (χ3v) is 4.34. The van der Waals surface area contributed by atoms with E-state index in [2.05, 4.69) is 15.9 Å². The predicted molar refractivity (Wildman–Crippen MR) is 63.4 cm³/mol. The monoisotopic (exact) mass is 291 g/mol. The van der Waals surface area contributed by atoms with E-state index in [1.807, 2.05) is 0 Å². The Labute approximate surface area is 102 Å². The van der Waals surface area contributed by atoms with Gasteiger partial charge in [0.2, 0.25) is 0 Å². The zero-order valence-corrected chi connectivity index (χ0v) is 10.5. The molecular formula is C11H12BrClFN. The highest BCUT2D eigenvalue weighted by Gasteiger charge is 2.28.